The standard InChI is InChI=1S/C20H23N3O4/c1-12-4-3-5-18(13(12)2)27-16-8-14-10-22(11-15(14)9-16)20(26)23-7-6-17(21-23)19(24)25/h3-7,14-16H,8-11H2,1-2H3,(H,24,25)/t14-,15+,16?. The zero-order chi connectivity index (χ0) is 19.1. The number of fused-ring (bicyclic) bond motifs is 1. The number of carboxylic acid groups (broad SMARTS) is 1. The first kappa shape index (κ1) is 17.6. The fourth-order valence-electron chi connectivity index (χ4n) is 4.22. The van der Waals surface area contributed by atoms with Crippen molar-refractivity contribution in [3.05, 3.63) is 47.3 Å². The fourth-order valence-corrected chi connectivity index (χ4v) is 4.22. The lowest BCUT2D eigenvalue weighted by Crippen LogP contribution is -2.34. The summed E-state index contributed by atoms with van der Waals surface area (Å²) in [5.74, 6) is 0.647. The van der Waals surface area contributed by atoms with Crippen molar-refractivity contribution in [2.24, 2.45) is 11.8 Å². The number of likely N-dealkylation sites (tertiary alicyclic amines) is 1. The molecule has 4 rings (SSSR count). The first-order valence-corrected chi connectivity index (χ1v) is 9.23. The summed E-state index contributed by atoms with van der Waals surface area (Å²) in [7, 11) is 0. The van der Waals surface area contributed by atoms with E-state index in [0.717, 1.165) is 23.3 Å². The molecule has 1 unspecified atom stereocenters. The Hall–Kier alpha value is -2.83. The summed E-state index contributed by atoms with van der Waals surface area (Å²) in [5.41, 5.74) is 2.28. The van der Waals surface area contributed by atoms with Crippen molar-refractivity contribution in [1.82, 2.24) is 14.7 Å². The highest BCUT2D eigenvalue weighted by Crippen LogP contribution is 2.40. The van der Waals surface area contributed by atoms with Crippen molar-refractivity contribution in [1.29, 1.82) is 0 Å². The molecule has 142 valence electrons. The maximum atomic E-state index is 12.6. The van der Waals surface area contributed by atoms with E-state index in [9.17, 15) is 9.59 Å². The van der Waals surface area contributed by atoms with E-state index in [0.29, 0.717) is 24.9 Å². The molecule has 2 aromatic rings. The molecule has 0 bridgehead atoms. The molecule has 1 aliphatic carbocycles. The topological polar surface area (TPSA) is 84.7 Å². The molecule has 0 radical (unpaired) electrons. The van der Waals surface area contributed by atoms with E-state index in [1.807, 2.05) is 12.1 Å². The predicted octanol–water partition coefficient (Wildman–Crippen LogP) is 2.96. The Morgan fingerprint density at radius 3 is 2.48 bits per heavy atom. The van der Waals surface area contributed by atoms with Gasteiger partial charge in [-0.25, -0.2) is 9.59 Å². The lowest BCUT2D eigenvalue weighted by molar-refractivity contribution is 0.0690. The van der Waals surface area contributed by atoms with Crippen molar-refractivity contribution < 1.29 is 19.4 Å². The largest absolute Gasteiger partial charge is 0.490 e. The van der Waals surface area contributed by atoms with Crippen molar-refractivity contribution in [2.75, 3.05) is 13.1 Å². The quantitative estimate of drug-likeness (QED) is 0.899. The number of hydrogen-bond acceptors (Lipinski definition) is 4. The van der Waals surface area contributed by atoms with Crippen LogP contribution in [0.4, 0.5) is 4.79 Å². The number of aryl methyl sites for hydroxylation is 1. The number of aromatic carboxylic acids is 1. The third kappa shape index (κ3) is 3.29. The van der Waals surface area contributed by atoms with E-state index in [-0.39, 0.29) is 17.8 Å². The molecule has 27 heavy (non-hydrogen) atoms. The molecule has 2 fully saturated rings. The Morgan fingerprint density at radius 2 is 1.85 bits per heavy atom. The average molecular weight is 369 g/mol. The minimum absolute atomic E-state index is 0.121. The van der Waals surface area contributed by atoms with Crippen LogP contribution < -0.4 is 4.74 Å². The molecule has 3 atom stereocenters. The van der Waals surface area contributed by atoms with Crippen LogP contribution in [0.5, 0.6) is 5.75 Å². The lowest BCUT2D eigenvalue weighted by Gasteiger charge is -2.20. The van der Waals surface area contributed by atoms with Gasteiger partial charge in [-0.1, -0.05) is 12.1 Å². The third-order valence-corrected chi connectivity index (χ3v) is 5.83. The van der Waals surface area contributed by atoms with Crippen LogP contribution >= 0.6 is 0 Å². The van der Waals surface area contributed by atoms with Gasteiger partial charge in [-0.15, -0.1) is 0 Å². The molecule has 0 spiro atoms. The molecule has 1 aliphatic heterocycles. The van der Waals surface area contributed by atoms with E-state index < -0.39 is 5.97 Å². The highest BCUT2D eigenvalue weighted by molar-refractivity contribution is 5.86. The van der Waals surface area contributed by atoms with E-state index in [1.165, 1.54) is 23.4 Å². The van der Waals surface area contributed by atoms with Crippen molar-refractivity contribution in [3.63, 3.8) is 0 Å². The SMILES string of the molecule is Cc1cccc(OC2C[C@@H]3CN(C(=O)n4ccc(C(=O)O)n4)C[C@@H]3C2)c1C. The molecule has 2 aliphatic rings. The number of aromatic nitrogens is 2. The van der Waals surface area contributed by atoms with Crippen LogP contribution in [0.3, 0.4) is 0 Å². The van der Waals surface area contributed by atoms with Crippen LogP contribution in [0.25, 0.3) is 0 Å². The Labute approximate surface area is 157 Å². The molecule has 1 saturated carbocycles. The molecule has 2 heterocycles. The molecule has 1 aromatic carbocycles. The fraction of sp³-hybridized carbons (Fsp3) is 0.450. The predicted molar refractivity (Wildman–Crippen MR) is 98.1 cm³/mol. The maximum absolute atomic E-state index is 12.6. The number of benzene rings is 1. The van der Waals surface area contributed by atoms with Gasteiger partial charge in [-0.3, -0.25) is 0 Å². The Bertz CT molecular complexity index is 877. The number of rotatable bonds is 3. The van der Waals surface area contributed by atoms with Gasteiger partial charge in [0.15, 0.2) is 5.69 Å². The molecule has 1 N–H and O–H groups in total. The van der Waals surface area contributed by atoms with E-state index in [2.05, 4.69) is 25.0 Å². The first-order chi connectivity index (χ1) is 12.9. The van der Waals surface area contributed by atoms with Gasteiger partial charge in [0.05, 0.1) is 6.10 Å². The third-order valence-electron chi connectivity index (χ3n) is 5.83. The van der Waals surface area contributed by atoms with E-state index in [4.69, 9.17) is 9.84 Å². The van der Waals surface area contributed by atoms with Crippen LogP contribution in [0.2, 0.25) is 0 Å². The van der Waals surface area contributed by atoms with Crippen LogP contribution in [-0.2, 0) is 0 Å². The van der Waals surface area contributed by atoms with E-state index >= 15 is 0 Å². The van der Waals surface area contributed by atoms with Crippen molar-refractivity contribution >= 4 is 12.0 Å². The molecular weight excluding hydrogens is 346 g/mol. The first-order valence-electron chi connectivity index (χ1n) is 9.23. The molecule has 7 nitrogen and oxygen atoms in total. The van der Waals surface area contributed by atoms with Gasteiger partial charge in [-0.2, -0.15) is 9.78 Å². The number of amides is 1. The molecule has 1 amide bonds. The number of carbonyl (C=O) groups is 2. The summed E-state index contributed by atoms with van der Waals surface area (Å²) in [6.45, 7) is 5.49. The second kappa shape index (κ2) is 6.72. The van der Waals surface area contributed by atoms with E-state index in [1.54, 1.807) is 4.90 Å². The van der Waals surface area contributed by atoms with Gasteiger partial charge in [-0.05, 0) is 61.8 Å². The number of ether oxygens (including phenoxy) is 1. The highest BCUT2D eigenvalue weighted by atomic mass is 16.5. The van der Waals surface area contributed by atoms with Gasteiger partial charge < -0.3 is 14.7 Å². The second-order valence-electron chi connectivity index (χ2n) is 7.57. The van der Waals surface area contributed by atoms with Crippen LogP contribution in [0.1, 0.15) is 34.5 Å². The smallest absolute Gasteiger partial charge is 0.356 e. The number of carbonyl (C=O) groups excluding carboxylic acids is 1. The number of nitrogens with zero attached hydrogens (tertiary/aromatic N) is 3. The highest BCUT2D eigenvalue weighted by Gasteiger charge is 2.43. The Morgan fingerprint density at radius 1 is 1.15 bits per heavy atom. The van der Waals surface area contributed by atoms with Gasteiger partial charge in [0, 0.05) is 19.3 Å². The second-order valence-corrected chi connectivity index (χ2v) is 7.57. The zero-order valence-electron chi connectivity index (χ0n) is 15.5. The van der Waals surface area contributed by atoms with Crippen LogP contribution in [0, 0.1) is 25.7 Å². The molecule has 1 aromatic heterocycles. The summed E-state index contributed by atoms with van der Waals surface area (Å²) in [6, 6.07) is 7.20. The zero-order valence-corrected chi connectivity index (χ0v) is 15.5. The summed E-state index contributed by atoms with van der Waals surface area (Å²) >= 11 is 0. The maximum Gasteiger partial charge on any atom is 0.356 e. The minimum Gasteiger partial charge on any atom is -0.490 e. The Balaban J connectivity index is 1.37. The molecule has 1 saturated heterocycles. The van der Waals surface area contributed by atoms with Gasteiger partial charge in [0.2, 0.25) is 0 Å². The minimum atomic E-state index is -1.13. The molecule has 7 heteroatoms. The van der Waals surface area contributed by atoms with Gasteiger partial charge >= 0.3 is 12.0 Å². The van der Waals surface area contributed by atoms with Crippen LogP contribution in [-0.4, -0.2) is 51.0 Å². The van der Waals surface area contributed by atoms with Gasteiger partial charge in [0.1, 0.15) is 5.75 Å². The summed E-state index contributed by atoms with van der Waals surface area (Å²) < 4.78 is 7.37. The normalized spacial score (nSPS) is 24.1. The number of hydrogen-bond donors (Lipinski definition) is 1. The summed E-state index contributed by atoms with van der Waals surface area (Å²) in [6.07, 6.45) is 3.45. The van der Waals surface area contributed by atoms with Crippen LogP contribution in [0.15, 0.2) is 30.5 Å². The van der Waals surface area contributed by atoms with Crippen molar-refractivity contribution in [3.8, 4) is 5.75 Å². The average Bonchev–Trinajstić information content (AvgIpc) is 3.32. The van der Waals surface area contributed by atoms with Crippen molar-refractivity contribution in [2.45, 2.75) is 32.8 Å². The Kier molecular flexibility index (Phi) is 4.37. The lowest BCUT2D eigenvalue weighted by atomic mass is 10.0. The van der Waals surface area contributed by atoms with Gasteiger partial charge in [0.25, 0.3) is 0 Å². The summed E-state index contributed by atoms with van der Waals surface area (Å²) in [5, 5.41) is 12.8. The monoisotopic (exact) mass is 369 g/mol. The number of carboxylic acids is 1. The summed E-state index contributed by atoms with van der Waals surface area (Å²) in [4.78, 5) is 25.3. The molecular formula is C20H23N3O4.